The number of H-pyrrole nitrogens is 1. The van der Waals surface area contributed by atoms with Gasteiger partial charge in [0.1, 0.15) is 17.3 Å². The molecule has 0 fully saturated rings. The maximum Gasteiger partial charge on any atom is 0.330 e. The summed E-state index contributed by atoms with van der Waals surface area (Å²) in [5.74, 6) is 0.769. The van der Waals surface area contributed by atoms with E-state index in [-0.39, 0.29) is 18.1 Å². The molecule has 152 valence electrons. The van der Waals surface area contributed by atoms with E-state index in [1.807, 2.05) is 37.3 Å². The summed E-state index contributed by atoms with van der Waals surface area (Å²) in [4.78, 5) is 29.2. The number of methoxy groups -OCH3 is 1. The summed E-state index contributed by atoms with van der Waals surface area (Å²) in [6.07, 6.45) is 0. The molecule has 0 spiro atoms. The number of halogens is 1. The van der Waals surface area contributed by atoms with Crippen LogP contribution in [0.15, 0.2) is 58.1 Å². The van der Waals surface area contributed by atoms with Gasteiger partial charge in [-0.25, -0.2) is 4.79 Å². The Hall–Kier alpha value is -3.19. The van der Waals surface area contributed by atoms with Gasteiger partial charge in [-0.1, -0.05) is 41.9 Å². The number of nitrogens with two attached hydrogens (primary N) is 1. The molecule has 8 heteroatoms. The predicted molar refractivity (Wildman–Crippen MR) is 116 cm³/mol. The van der Waals surface area contributed by atoms with Crippen LogP contribution in [-0.2, 0) is 13.1 Å². The molecule has 0 aliphatic carbocycles. The monoisotopic (exact) mass is 414 g/mol. The maximum atomic E-state index is 12.6. The molecule has 29 heavy (non-hydrogen) atoms. The molecule has 0 bridgehead atoms. The van der Waals surface area contributed by atoms with Crippen LogP contribution in [0, 0.1) is 0 Å². The van der Waals surface area contributed by atoms with Crippen LogP contribution >= 0.6 is 11.6 Å². The summed E-state index contributed by atoms with van der Waals surface area (Å²) >= 11 is 6.13. The van der Waals surface area contributed by atoms with Crippen molar-refractivity contribution in [2.24, 2.45) is 0 Å². The highest BCUT2D eigenvalue weighted by Gasteiger charge is 2.19. The standard InChI is InChI=1S/C21H23ClN4O3/c1-3-25(13-15-11-16(22)9-10-17(15)29-2)18-19(23)26(21(28)24-20(18)27)12-14-7-5-4-6-8-14/h4-11H,3,12-13,23H2,1-2H3,(H,24,27,28). The lowest BCUT2D eigenvalue weighted by atomic mass is 10.1. The molecule has 0 radical (unpaired) electrons. The van der Waals surface area contributed by atoms with Crippen molar-refractivity contribution in [2.75, 3.05) is 24.3 Å². The number of anilines is 2. The average Bonchev–Trinajstić information content (AvgIpc) is 2.71. The number of nitrogens with zero attached hydrogens (tertiary/aromatic N) is 2. The van der Waals surface area contributed by atoms with Crippen LogP contribution in [0.25, 0.3) is 0 Å². The number of hydrogen-bond acceptors (Lipinski definition) is 5. The Morgan fingerprint density at radius 3 is 2.55 bits per heavy atom. The van der Waals surface area contributed by atoms with E-state index in [4.69, 9.17) is 22.1 Å². The Labute approximate surface area is 173 Å². The number of nitrogen functional groups attached to an aromatic ring is 1. The minimum absolute atomic E-state index is 0.116. The molecule has 3 rings (SSSR count). The molecule has 1 heterocycles. The zero-order chi connectivity index (χ0) is 21.0. The van der Waals surface area contributed by atoms with E-state index in [1.54, 1.807) is 30.2 Å². The fourth-order valence-electron chi connectivity index (χ4n) is 3.23. The molecule has 0 unspecified atom stereocenters. The first-order valence-corrected chi connectivity index (χ1v) is 9.56. The fraction of sp³-hybridized carbons (Fsp3) is 0.238. The second kappa shape index (κ2) is 8.87. The van der Waals surface area contributed by atoms with Crippen LogP contribution in [0.2, 0.25) is 5.02 Å². The van der Waals surface area contributed by atoms with E-state index in [0.29, 0.717) is 23.9 Å². The number of ether oxygens (including phenoxy) is 1. The summed E-state index contributed by atoms with van der Waals surface area (Å²) in [6.45, 7) is 3.00. The summed E-state index contributed by atoms with van der Waals surface area (Å²) in [7, 11) is 1.57. The number of nitrogens with one attached hydrogen (secondary N) is 1. The van der Waals surface area contributed by atoms with Crippen LogP contribution in [0.5, 0.6) is 5.75 Å². The first-order valence-electron chi connectivity index (χ1n) is 9.18. The van der Waals surface area contributed by atoms with E-state index in [9.17, 15) is 9.59 Å². The molecule has 3 N–H and O–H groups in total. The summed E-state index contributed by atoms with van der Waals surface area (Å²) in [6, 6.07) is 14.7. The van der Waals surface area contributed by atoms with Gasteiger partial charge in [0.2, 0.25) is 0 Å². The SMILES string of the molecule is CCN(Cc1cc(Cl)ccc1OC)c1c(N)n(Cc2ccccc2)c(=O)[nH]c1=O. The van der Waals surface area contributed by atoms with Gasteiger partial charge >= 0.3 is 5.69 Å². The minimum atomic E-state index is -0.545. The lowest BCUT2D eigenvalue weighted by molar-refractivity contribution is 0.409. The average molecular weight is 415 g/mol. The van der Waals surface area contributed by atoms with Gasteiger partial charge in [-0.15, -0.1) is 0 Å². The van der Waals surface area contributed by atoms with E-state index in [0.717, 1.165) is 11.1 Å². The second-order valence-electron chi connectivity index (χ2n) is 6.54. The van der Waals surface area contributed by atoms with Crippen molar-refractivity contribution in [1.29, 1.82) is 0 Å². The number of hydrogen-bond donors (Lipinski definition) is 2. The molecular formula is C21H23ClN4O3. The van der Waals surface area contributed by atoms with Crippen LogP contribution in [0.3, 0.4) is 0 Å². The molecule has 0 saturated heterocycles. The number of aromatic nitrogens is 2. The topological polar surface area (TPSA) is 93.3 Å². The third-order valence-corrected chi connectivity index (χ3v) is 4.93. The zero-order valence-electron chi connectivity index (χ0n) is 16.3. The van der Waals surface area contributed by atoms with Gasteiger partial charge in [-0.05, 0) is 30.7 Å². The summed E-state index contributed by atoms with van der Waals surface area (Å²) < 4.78 is 6.77. The Balaban J connectivity index is 2.04. The van der Waals surface area contributed by atoms with Gasteiger partial charge in [-0.2, -0.15) is 0 Å². The van der Waals surface area contributed by atoms with Crippen LogP contribution in [-0.4, -0.2) is 23.2 Å². The zero-order valence-corrected chi connectivity index (χ0v) is 17.1. The van der Waals surface area contributed by atoms with Crippen molar-refractivity contribution in [3.63, 3.8) is 0 Å². The highest BCUT2D eigenvalue weighted by molar-refractivity contribution is 6.30. The summed E-state index contributed by atoms with van der Waals surface area (Å²) in [5.41, 5.74) is 7.18. The molecule has 0 aliphatic heterocycles. The summed E-state index contributed by atoms with van der Waals surface area (Å²) in [5, 5.41) is 0.563. The molecule has 0 aliphatic rings. The second-order valence-corrected chi connectivity index (χ2v) is 6.97. The van der Waals surface area contributed by atoms with E-state index in [1.165, 1.54) is 4.57 Å². The number of rotatable bonds is 7. The van der Waals surface area contributed by atoms with Gasteiger partial charge in [0, 0.05) is 23.7 Å². The van der Waals surface area contributed by atoms with Gasteiger partial charge in [-0.3, -0.25) is 14.3 Å². The van der Waals surface area contributed by atoms with Crippen molar-refractivity contribution in [3.05, 3.63) is 85.5 Å². The van der Waals surface area contributed by atoms with Crippen molar-refractivity contribution >= 4 is 23.1 Å². The number of aromatic amines is 1. The van der Waals surface area contributed by atoms with E-state index >= 15 is 0 Å². The van der Waals surface area contributed by atoms with Crippen molar-refractivity contribution < 1.29 is 4.74 Å². The predicted octanol–water partition coefficient (Wildman–Crippen LogP) is 2.86. The molecule has 7 nitrogen and oxygen atoms in total. The molecule has 0 amide bonds. The smallest absolute Gasteiger partial charge is 0.330 e. The third-order valence-electron chi connectivity index (χ3n) is 4.70. The van der Waals surface area contributed by atoms with Crippen LogP contribution in [0.4, 0.5) is 11.5 Å². The maximum absolute atomic E-state index is 12.6. The highest BCUT2D eigenvalue weighted by Crippen LogP contribution is 2.27. The van der Waals surface area contributed by atoms with E-state index in [2.05, 4.69) is 4.98 Å². The quantitative estimate of drug-likeness (QED) is 0.620. The largest absolute Gasteiger partial charge is 0.496 e. The molecular weight excluding hydrogens is 392 g/mol. The molecule has 2 aromatic carbocycles. The number of benzene rings is 2. The van der Waals surface area contributed by atoms with Gasteiger partial charge in [0.15, 0.2) is 0 Å². The minimum Gasteiger partial charge on any atom is -0.496 e. The molecule has 0 saturated carbocycles. The Morgan fingerprint density at radius 2 is 1.90 bits per heavy atom. The normalized spacial score (nSPS) is 10.7. The molecule has 3 aromatic rings. The fourth-order valence-corrected chi connectivity index (χ4v) is 3.43. The Morgan fingerprint density at radius 1 is 1.17 bits per heavy atom. The molecule has 1 aromatic heterocycles. The van der Waals surface area contributed by atoms with Gasteiger partial charge < -0.3 is 15.4 Å². The first-order chi connectivity index (χ1) is 13.9. The Kier molecular flexibility index (Phi) is 6.29. The first kappa shape index (κ1) is 20.5. The Bertz CT molecular complexity index is 1110. The van der Waals surface area contributed by atoms with Gasteiger partial charge in [0.05, 0.1) is 13.7 Å². The van der Waals surface area contributed by atoms with Crippen molar-refractivity contribution in [3.8, 4) is 5.75 Å². The van der Waals surface area contributed by atoms with Gasteiger partial charge in [0.25, 0.3) is 5.56 Å². The van der Waals surface area contributed by atoms with Crippen LogP contribution in [0.1, 0.15) is 18.1 Å². The lowest BCUT2D eigenvalue weighted by Gasteiger charge is -2.25. The highest BCUT2D eigenvalue weighted by atomic mass is 35.5. The van der Waals surface area contributed by atoms with E-state index < -0.39 is 11.2 Å². The molecule has 0 atom stereocenters. The van der Waals surface area contributed by atoms with Crippen molar-refractivity contribution in [1.82, 2.24) is 9.55 Å². The van der Waals surface area contributed by atoms with Crippen LogP contribution < -0.4 is 26.6 Å². The lowest BCUT2D eigenvalue weighted by Crippen LogP contribution is -2.38. The third kappa shape index (κ3) is 4.46. The van der Waals surface area contributed by atoms with Crippen molar-refractivity contribution in [2.45, 2.75) is 20.0 Å².